The van der Waals surface area contributed by atoms with E-state index < -0.39 is 13.9 Å². The Bertz CT molecular complexity index is 529. The topological polar surface area (TPSA) is 134 Å². The summed E-state index contributed by atoms with van der Waals surface area (Å²) in [5.74, 6) is -0.202. The fourth-order valence-corrected chi connectivity index (χ4v) is 3.59. The number of carbonyl (C=O) groups excluding carboxylic acids is 2. The molecule has 10 heteroatoms. The molecule has 0 aliphatic carbocycles. The van der Waals surface area contributed by atoms with Gasteiger partial charge >= 0.3 is 7.82 Å². The number of aliphatic hydroxyl groups excluding tert-OH is 1. The molecule has 30 heavy (non-hydrogen) atoms. The Morgan fingerprint density at radius 2 is 1.60 bits per heavy atom. The third-order valence-electron chi connectivity index (χ3n) is 4.34. The van der Waals surface area contributed by atoms with Crippen LogP contribution in [0.2, 0.25) is 0 Å². The van der Waals surface area contributed by atoms with Crippen LogP contribution in [0.1, 0.15) is 72.6 Å². The van der Waals surface area contributed by atoms with E-state index >= 15 is 0 Å². The van der Waals surface area contributed by atoms with Gasteiger partial charge in [0, 0.05) is 38.0 Å². The number of rotatable bonds is 18. The smallest absolute Gasteiger partial charge is 0.396 e. The molecule has 2 unspecified atom stereocenters. The van der Waals surface area contributed by atoms with Gasteiger partial charge in [0.25, 0.3) is 0 Å². The molecule has 2 atom stereocenters. The maximum atomic E-state index is 11.8. The molecule has 0 aliphatic rings. The highest BCUT2D eigenvalue weighted by molar-refractivity contribution is 7.47. The standard InChI is InChI=1S/C20H41N2O7P/c1-16(2)20(25)22-13-8-5-6-11-19(24)21-12-9-7-10-18(14-23)15-28-30(26,27)29-17(3)4/h16-18,23H,5-15H2,1-4H3,(H,21,24)(H,22,25)(H,26,27). The zero-order valence-electron chi connectivity index (χ0n) is 18.9. The van der Waals surface area contributed by atoms with Gasteiger partial charge in [0.05, 0.1) is 12.7 Å². The summed E-state index contributed by atoms with van der Waals surface area (Å²) >= 11 is 0. The summed E-state index contributed by atoms with van der Waals surface area (Å²) in [5.41, 5.74) is 0. The van der Waals surface area contributed by atoms with Crippen molar-refractivity contribution in [3.8, 4) is 0 Å². The van der Waals surface area contributed by atoms with Gasteiger partial charge in [-0.25, -0.2) is 4.57 Å². The largest absolute Gasteiger partial charge is 0.472 e. The van der Waals surface area contributed by atoms with Crippen molar-refractivity contribution in [1.82, 2.24) is 10.6 Å². The average Bonchev–Trinajstić information content (AvgIpc) is 2.65. The Morgan fingerprint density at radius 3 is 2.20 bits per heavy atom. The lowest BCUT2D eigenvalue weighted by molar-refractivity contribution is -0.124. The van der Waals surface area contributed by atoms with Gasteiger partial charge in [-0.1, -0.05) is 26.7 Å². The van der Waals surface area contributed by atoms with E-state index in [1.165, 1.54) is 0 Å². The lowest BCUT2D eigenvalue weighted by Crippen LogP contribution is -2.28. The Kier molecular flexibility index (Phi) is 16.1. The van der Waals surface area contributed by atoms with Crippen molar-refractivity contribution in [2.24, 2.45) is 11.8 Å². The Labute approximate surface area is 180 Å². The lowest BCUT2D eigenvalue weighted by atomic mass is 10.0. The van der Waals surface area contributed by atoms with Gasteiger partial charge in [-0.3, -0.25) is 18.6 Å². The van der Waals surface area contributed by atoms with Gasteiger partial charge < -0.3 is 20.6 Å². The Balaban J connectivity index is 3.72. The predicted octanol–water partition coefficient (Wildman–Crippen LogP) is 2.76. The van der Waals surface area contributed by atoms with Crippen molar-refractivity contribution in [3.05, 3.63) is 0 Å². The summed E-state index contributed by atoms with van der Waals surface area (Å²) in [6.45, 7) is 7.98. The predicted molar refractivity (Wildman–Crippen MR) is 116 cm³/mol. The minimum atomic E-state index is -4.09. The summed E-state index contributed by atoms with van der Waals surface area (Å²) < 4.78 is 21.4. The quantitative estimate of drug-likeness (QED) is 0.186. The van der Waals surface area contributed by atoms with E-state index in [-0.39, 0.29) is 36.9 Å². The molecule has 0 bridgehead atoms. The van der Waals surface area contributed by atoms with Crippen molar-refractivity contribution in [2.45, 2.75) is 78.7 Å². The molecule has 0 aromatic carbocycles. The number of hydrogen-bond donors (Lipinski definition) is 4. The van der Waals surface area contributed by atoms with Crippen LogP contribution < -0.4 is 10.6 Å². The van der Waals surface area contributed by atoms with Gasteiger partial charge in [0.2, 0.25) is 11.8 Å². The fraction of sp³-hybridized carbons (Fsp3) is 0.900. The van der Waals surface area contributed by atoms with Crippen molar-refractivity contribution >= 4 is 19.6 Å². The molecule has 0 spiro atoms. The van der Waals surface area contributed by atoms with Gasteiger partial charge in [0.1, 0.15) is 0 Å². The zero-order valence-corrected chi connectivity index (χ0v) is 19.8. The molecular weight excluding hydrogens is 411 g/mol. The molecule has 2 amide bonds. The van der Waals surface area contributed by atoms with Crippen LogP contribution in [0.3, 0.4) is 0 Å². The number of nitrogens with one attached hydrogen (secondary N) is 2. The van der Waals surface area contributed by atoms with E-state index in [2.05, 4.69) is 10.6 Å². The Morgan fingerprint density at radius 1 is 0.967 bits per heavy atom. The number of hydrogen-bond acceptors (Lipinski definition) is 6. The first-order valence-corrected chi connectivity index (χ1v) is 12.4. The molecule has 0 rings (SSSR count). The van der Waals surface area contributed by atoms with E-state index in [1.807, 2.05) is 13.8 Å². The first-order valence-electron chi connectivity index (χ1n) is 10.9. The summed E-state index contributed by atoms with van der Waals surface area (Å²) in [4.78, 5) is 32.8. The van der Waals surface area contributed by atoms with E-state index in [9.17, 15) is 24.2 Å². The normalized spacial score (nSPS) is 14.5. The first-order chi connectivity index (χ1) is 14.1. The van der Waals surface area contributed by atoms with E-state index in [0.717, 1.165) is 32.1 Å². The van der Waals surface area contributed by atoms with Crippen molar-refractivity contribution in [1.29, 1.82) is 0 Å². The van der Waals surface area contributed by atoms with Crippen LogP contribution in [-0.4, -0.2) is 54.2 Å². The number of unbranched alkanes of at least 4 members (excludes halogenated alkanes) is 3. The first kappa shape index (κ1) is 29.0. The van der Waals surface area contributed by atoms with Crippen LogP contribution in [0, 0.1) is 11.8 Å². The average molecular weight is 453 g/mol. The molecule has 0 aliphatic heterocycles. The summed E-state index contributed by atoms with van der Waals surface area (Å²) in [5, 5.41) is 15.1. The van der Waals surface area contributed by atoms with Crippen molar-refractivity contribution < 1.29 is 33.2 Å². The third kappa shape index (κ3) is 16.8. The van der Waals surface area contributed by atoms with Gasteiger partial charge in [-0.05, 0) is 39.5 Å². The van der Waals surface area contributed by atoms with Crippen molar-refractivity contribution in [2.75, 3.05) is 26.3 Å². The monoisotopic (exact) mass is 452 g/mol. The molecular formula is C20H41N2O7P. The molecule has 9 nitrogen and oxygen atoms in total. The zero-order chi connectivity index (χ0) is 23.0. The fourth-order valence-electron chi connectivity index (χ4n) is 2.60. The molecule has 0 radical (unpaired) electrons. The lowest BCUT2D eigenvalue weighted by Gasteiger charge is -2.18. The maximum Gasteiger partial charge on any atom is 0.472 e. The highest BCUT2D eigenvalue weighted by Crippen LogP contribution is 2.44. The van der Waals surface area contributed by atoms with Crippen LogP contribution in [0.4, 0.5) is 0 Å². The van der Waals surface area contributed by atoms with Gasteiger partial charge in [-0.2, -0.15) is 0 Å². The molecule has 0 aromatic heterocycles. The van der Waals surface area contributed by atoms with Gasteiger partial charge in [0.15, 0.2) is 0 Å². The number of phosphoric acid groups is 1. The van der Waals surface area contributed by atoms with Gasteiger partial charge in [-0.15, -0.1) is 0 Å². The molecule has 0 fully saturated rings. The summed E-state index contributed by atoms with van der Waals surface area (Å²) in [6.07, 6.45) is 4.70. The maximum absolute atomic E-state index is 11.8. The van der Waals surface area contributed by atoms with Crippen LogP contribution in [-0.2, 0) is 23.2 Å². The SMILES string of the molecule is CC(C)OP(=O)(O)OCC(CO)CCCCNC(=O)CCCCCNC(=O)C(C)C. The molecule has 178 valence electrons. The third-order valence-corrected chi connectivity index (χ3v) is 5.50. The summed E-state index contributed by atoms with van der Waals surface area (Å²) in [7, 11) is -4.09. The minimum Gasteiger partial charge on any atom is -0.396 e. The van der Waals surface area contributed by atoms with E-state index in [0.29, 0.717) is 25.9 Å². The molecule has 0 aromatic rings. The highest BCUT2D eigenvalue weighted by atomic mass is 31.2. The van der Waals surface area contributed by atoms with Crippen LogP contribution in [0.15, 0.2) is 0 Å². The number of phosphoric ester groups is 1. The minimum absolute atomic E-state index is 0.00810. The number of amides is 2. The molecule has 0 saturated carbocycles. The van der Waals surface area contributed by atoms with E-state index in [1.54, 1.807) is 13.8 Å². The summed E-state index contributed by atoms with van der Waals surface area (Å²) in [6, 6.07) is 0. The molecule has 4 N–H and O–H groups in total. The number of aliphatic hydroxyl groups is 1. The second kappa shape index (κ2) is 16.7. The van der Waals surface area contributed by atoms with E-state index in [4.69, 9.17) is 9.05 Å². The highest BCUT2D eigenvalue weighted by Gasteiger charge is 2.24. The van der Waals surface area contributed by atoms with Crippen molar-refractivity contribution in [3.63, 3.8) is 0 Å². The second-order valence-electron chi connectivity index (χ2n) is 8.07. The van der Waals surface area contributed by atoms with Crippen LogP contribution in [0.5, 0.6) is 0 Å². The Hall–Kier alpha value is -0.990. The number of carbonyl (C=O) groups is 2. The molecule has 0 heterocycles. The van der Waals surface area contributed by atoms with Crippen LogP contribution >= 0.6 is 7.82 Å². The van der Waals surface area contributed by atoms with Crippen LogP contribution in [0.25, 0.3) is 0 Å². The second-order valence-corrected chi connectivity index (χ2v) is 9.48. The molecule has 0 saturated heterocycles.